The first-order chi connectivity index (χ1) is 8.60. The van der Waals surface area contributed by atoms with E-state index < -0.39 is 5.97 Å². The monoisotopic (exact) mass is 314 g/mol. The number of ether oxygens (including phenoxy) is 3. The SMILES string of the molecule is C=C(COc1c(Br)cccc1OC)C(=O)OCC. The minimum atomic E-state index is -0.455. The fraction of sp³-hybridized carbons (Fsp3) is 0.308. The Morgan fingerprint density at radius 1 is 1.44 bits per heavy atom. The second-order valence-corrected chi connectivity index (χ2v) is 4.24. The highest BCUT2D eigenvalue weighted by atomic mass is 79.9. The van der Waals surface area contributed by atoms with Gasteiger partial charge in [0.1, 0.15) is 6.61 Å². The molecule has 0 atom stereocenters. The van der Waals surface area contributed by atoms with Gasteiger partial charge in [-0.3, -0.25) is 0 Å². The molecule has 0 heterocycles. The highest BCUT2D eigenvalue weighted by molar-refractivity contribution is 9.10. The van der Waals surface area contributed by atoms with Gasteiger partial charge in [0.25, 0.3) is 0 Å². The maximum Gasteiger partial charge on any atom is 0.336 e. The lowest BCUT2D eigenvalue weighted by atomic mass is 10.3. The Morgan fingerprint density at radius 3 is 2.78 bits per heavy atom. The molecular formula is C13H15BrO4. The van der Waals surface area contributed by atoms with Gasteiger partial charge in [0.2, 0.25) is 0 Å². The summed E-state index contributed by atoms with van der Waals surface area (Å²) in [6.07, 6.45) is 0. The molecule has 0 amide bonds. The molecule has 0 saturated carbocycles. The van der Waals surface area contributed by atoms with Crippen LogP contribution >= 0.6 is 15.9 Å². The van der Waals surface area contributed by atoms with E-state index in [1.54, 1.807) is 20.1 Å². The van der Waals surface area contributed by atoms with Crippen molar-refractivity contribution in [2.24, 2.45) is 0 Å². The number of para-hydroxylation sites is 1. The minimum Gasteiger partial charge on any atom is -0.493 e. The Labute approximate surface area is 115 Å². The zero-order chi connectivity index (χ0) is 13.5. The summed E-state index contributed by atoms with van der Waals surface area (Å²) in [5.41, 5.74) is 0.259. The van der Waals surface area contributed by atoms with E-state index in [0.29, 0.717) is 18.1 Å². The smallest absolute Gasteiger partial charge is 0.336 e. The molecule has 5 heteroatoms. The van der Waals surface area contributed by atoms with Crippen molar-refractivity contribution in [2.45, 2.75) is 6.92 Å². The number of carbonyl (C=O) groups excluding carboxylic acids is 1. The fourth-order valence-corrected chi connectivity index (χ4v) is 1.70. The van der Waals surface area contributed by atoms with Gasteiger partial charge < -0.3 is 14.2 Å². The van der Waals surface area contributed by atoms with Crippen molar-refractivity contribution in [3.63, 3.8) is 0 Å². The quantitative estimate of drug-likeness (QED) is 0.598. The number of carbonyl (C=O) groups is 1. The number of benzene rings is 1. The maximum atomic E-state index is 11.4. The highest BCUT2D eigenvalue weighted by Crippen LogP contribution is 2.34. The van der Waals surface area contributed by atoms with Crippen LogP contribution < -0.4 is 9.47 Å². The Balaban J connectivity index is 2.69. The van der Waals surface area contributed by atoms with Crippen LogP contribution in [0.25, 0.3) is 0 Å². The summed E-state index contributed by atoms with van der Waals surface area (Å²) >= 11 is 3.35. The first-order valence-electron chi connectivity index (χ1n) is 5.40. The zero-order valence-electron chi connectivity index (χ0n) is 10.4. The third-order valence-electron chi connectivity index (χ3n) is 2.11. The average Bonchev–Trinajstić information content (AvgIpc) is 2.36. The van der Waals surface area contributed by atoms with Gasteiger partial charge in [0.15, 0.2) is 11.5 Å². The van der Waals surface area contributed by atoms with E-state index >= 15 is 0 Å². The summed E-state index contributed by atoms with van der Waals surface area (Å²) in [4.78, 5) is 11.4. The summed E-state index contributed by atoms with van der Waals surface area (Å²) in [5, 5.41) is 0. The molecule has 4 nitrogen and oxygen atoms in total. The van der Waals surface area contributed by atoms with E-state index in [0.717, 1.165) is 4.47 Å². The van der Waals surface area contributed by atoms with Crippen LogP contribution in [-0.2, 0) is 9.53 Å². The molecule has 0 aromatic heterocycles. The summed E-state index contributed by atoms with van der Waals surface area (Å²) < 4.78 is 16.2. The molecule has 1 rings (SSSR count). The Bertz CT molecular complexity index is 443. The Kier molecular flexibility index (Phi) is 5.71. The van der Waals surface area contributed by atoms with Crippen LogP contribution in [0.3, 0.4) is 0 Å². The van der Waals surface area contributed by atoms with Crippen molar-refractivity contribution in [1.29, 1.82) is 0 Å². The fourth-order valence-electron chi connectivity index (χ4n) is 1.24. The van der Waals surface area contributed by atoms with Crippen LogP contribution in [0, 0.1) is 0 Å². The number of hydrogen-bond donors (Lipinski definition) is 0. The van der Waals surface area contributed by atoms with Gasteiger partial charge in [0.05, 0.1) is 23.8 Å². The van der Waals surface area contributed by atoms with Crippen LogP contribution in [0.5, 0.6) is 11.5 Å². The standard InChI is InChI=1S/C13H15BrO4/c1-4-17-13(15)9(2)8-18-12-10(14)6-5-7-11(12)16-3/h5-7H,2,4,8H2,1,3H3. The normalized spacial score (nSPS) is 9.72. The highest BCUT2D eigenvalue weighted by Gasteiger charge is 2.12. The molecule has 0 aliphatic heterocycles. The second kappa shape index (κ2) is 7.06. The van der Waals surface area contributed by atoms with Crippen molar-refractivity contribution in [2.75, 3.05) is 20.3 Å². The largest absolute Gasteiger partial charge is 0.493 e. The summed E-state index contributed by atoms with van der Waals surface area (Å²) in [6.45, 7) is 5.73. The third kappa shape index (κ3) is 3.77. The first-order valence-corrected chi connectivity index (χ1v) is 6.19. The number of methoxy groups -OCH3 is 1. The molecule has 0 radical (unpaired) electrons. The summed E-state index contributed by atoms with van der Waals surface area (Å²) in [6, 6.07) is 5.42. The topological polar surface area (TPSA) is 44.8 Å². The van der Waals surface area contributed by atoms with E-state index in [-0.39, 0.29) is 12.2 Å². The van der Waals surface area contributed by atoms with Crippen LogP contribution in [0.4, 0.5) is 0 Å². The van der Waals surface area contributed by atoms with E-state index in [2.05, 4.69) is 22.5 Å². The molecule has 0 N–H and O–H groups in total. The van der Waals surface area contributed by atoms with E-state index in [4.69, 9.17) is 14.2 Å². The van der Waals surface area contributed by atoms with Gasteiger partial charge in [-0.25, -0.2) is 4.79 Å². The number of hydrogen-bond acceptors (Lipinski definition) is 4. The lowest BCUT2D eigenvalue weighted by Gasteiger charge is -2.12. The maximum absolute atomic E-state index is 11.4. The molecule has 98 valence electrons. The molecule has 0 aliphatic carbocycles. The average molecular weight is 315 g/mol. The first kappa shape index (κ1) is 14.6. The second-order valence-electron chi connectivity index (χ2n) is 3.38. The van der Waals surface area contributed by atoms with Gasteiger partial charge in [-0.1, -0.05) is 12.6 Å². The molecule has 18 heavy (non-hydrogen) atoms. The molecule has 0 fully saturated rings. The molecule has 0 aliphatic rings. The van der Waals surface area contributed by atoms with Gasteiger partial charge in [-0.15, -0.1) is 0 Å². The predicted octanol–water partition coefficient (Wildman–Crippen LogP) is 2.96. The van der Waals surface area contributed by atoms with Crippen LogP contribution in [0.15, 0.2) is 34.8 Å². The molecule has 1 aromatic rings. The van der Waals surface area contributed by atoms with Gasteiger partial charge in [-0.2, -0.15) is 0 Å². The molecule has 0 bridgehead atoms. The number of esters is 1. The van der Waals surface area contributed by atoms with Gasteiger partial charge in [0, 0.05) is 0 Å². The molecule has 0 unspecified atom stereocenters. The molecule has 0 saturated heterocycles. The Morgan fingerprint density at radius 2 is 2.17 bits per heavy atom. The lowest BCUT2D eigenvalue weighted by Crippen LogP contribution is -2.13. The third-order valence-corrected chi connectivity index (χ3v) is 2.73. The van der Waals surface area contributed by atoms with Crippen LogP contribution in [0.1, 0.15) is 6.92 Å². The van der Waals surface area contributed by atoms with Crippen LogP contribution in [0.2, 0.25) is 0 Å². The van der Waals surface area contributed by atoms with E-state index in [9.17, 15) is 4.79 Å². The Hall–Kier alpha value is -1.49. The van der Waals surface area contributed by atoms with Crippen molar-refractivity contribution >= 4 is 21.9 Å². The summed E-state index contributed by atoms with van der Waals surface area (Å²) in [5.74, 6) is 0.662. The number of halogens is 1. The van der Waals surface area contributed by atoms with Crippen molar-refractivity contribution in [3.8, 4) is 11.5 Å². The lowest BCUT2D eigenvalue weighted by molar-refractivity contribution is -0.138. The minimum absolute atomic E-state index is 0.0534. The van der Waals surface area contributed by atoms with Crippen molar-refractivity contribution < 1.29 is 19.0 Å². The molecular weight excluding hydrogens is 300 g/mol. The van der Waals surface area contributed by atoms with E-state index in [1.807, 2.05) is 12.1 Å². The van der Waals surface area contributed by atoms with E-state index in [1.165, 1.54) is 0 Å². The molecule has 1 aromatic carbocycles. The summed E-state index contributed by atoms with van der Waals surface area (Å²) in [7, 11) is 1.55. The van der Waals surface area contributed by atoms with Gasteiger partial charge >= 0.3 is 5.97 Å². The van der Waals surface area contributed by atoms with Crippen molar-refractivity contribution in [1.82, 2.24) is 0 Å². The van der Waals surface area contributed by atoms with Crippen molar-refractivity contribution in [3.05, 3.63) is 34.8 Å². The zero-order valence-corrected chi connectivity index (χ0v) is 12.0. The number of rotatable bonds is 6. The van der Waals surface area contributed by atoms with Gasteiger partial charge in [-0.05, 0) is 35.0 Å². The van der Waals surface area contributed by atoms with Crippen LogP contribution in [-0.4, -0.2) is 26.3 Å². The predicted molar refractivity (Wildman–Crippen MR) is 72.0 cm³/mol. The molecule has 0 spiro atoms.